The molecule has 3 aromatic rings. The first kappa shape index (κ1) is 27.1. The molecule has 0 unspecified atom stereocenters. The maximum atomic E-state index is 14.8. The summed E-state index contributed by atoms with van der Waals surface area (Å²) in [6, 6.07) is 6.08. The SMILES string of the molecule is NC=C(C(=O)Nc1ccc(Oc2ncnc(NC3CC3)c2Cl)c(F)c1)C(=Nc1ncccc1Cl)C(F)(F)F. The van der Waals surface area contributed by atoms with Gasteiger partial charge in [0.2, 0.25) is 5.88 Å². The van der Waals surface area contributed by atoms with Crippen molar-refractivity contribution in [2.45, 2.75) is 25.1 Å². The molecule has 38 heavy (non-hydrogen) atoms. The largest absolute Gasteiger partial charge is 0.434 e. The van der Waals surface area contributed by atoms with Gasteiger partial charge in [-0.2, -0.15) is 18.2 Å². The van der Waals surface area contributed by atoms with E-state index < -0.39 is 35.0 Å². The first-order chi connectivity index (χ1) is 18.1. The summed E-state index contributed by atoms with van der Waals surface area (Å²) >= 11 is 12.1. The molecule has 0 radical (unpaired) electrons. The number of aliphatic imine (C=N–C) groups is 1. The van der Waals surface area contributed by atoms with E-state index in [1.807, 2.05) is 0 Å². The number of benzene rings is 1. The zero-order chi connectivity index (χ0) is 27.4. The molecular formula is C23H17Cl2F4N7O2. The van der Waals surface area contributed by atoms with Crippen LogP contribution in [-0.2, 0) is 4.79 Å². The average Bonchev–Trinajstić information content (AvgIpc) is 3.68. The lowest BCUT2D eigenvalue weighted by atomic mass is 10.1. The van der Waals surface area contributed by atoms with E-state index in [1.165, 1.54) is 30.7 Å². The van der Waals surface area contributed by atoms with Gasteiger partial charge in [-0.15, -0.1) is 0 Å². The maximum Gasteiger partial charge on any atom is 0.434 e. The van der Waals surface area contributed by atoms with Crippen molar-refractivity contribution in [3.63, 3.8) is 0 Å². The van der Waals surface area contributed by atoms with E-state index in [2.05, 4.69) is 30.6 Å². The minimum Gasteiger partial charge on any atom is -0.434 e. The molecule has 2 aromatic heterocycles. The third-order valence-electron chi connectivity index (χ3n) is 4.96. The second-order valence-electron chi connectivity index (χ2n) is 7.81. The Kier molecular flexibility index (Phi) is 7.97. The number of nitrogens with zero attached hydrogens (tertiary/aromatic N) is 4. The molecule has 1 aliphatic rings. The number of hydrogen-bond acceptors (Lipinski definition) is 8. The quantitative estimate of drug-likeness (QED) is 0.178. The number of pyridine rings is 1. The normalized spacial score (nSPS) is 14.3. The highest BCUT2D eigenvalue weighted by atomic mass is 35.5. The molecule has 9 nitrogen and oxygen atoms in total. The van der Waals surface area contributed by atoms with E-state index in [0.29, 0.717) is 12.0 Å². The highest BCUT2D eigenvalue weighted by Gasteiger charge is 2.41. The number of anilines is 2. The van der Waals surface area contributed by atoms with Gasteiger partial charge in [-0.25, -0.2) is 19.4 Å². The van der Waals surface area contributed by atoms with E-state index in [0.717, 1.165) is 25.0 Å². The van der Waals surface area contributed by atoms with Gasteiger partial charge < -0.3 is 21.1 Å². The van der Waals surface area contributed by atoms with Crippen LogP contribution in [0.5, 0.6) is 11.6 Å². The number of amides is 1. The zero-order valence-electron chi connectivity index (χ0n) is 19.1. The van der Waals surface area contributed by atoms with E-state index in [4.69, 9.17) is 33.7 Å². The first-order valence-electron chi connectivity index (χ1n) is 10.8. The maximum absolute atomic E-state index is 14.8. The Morgan fingerprint density at radius 1 is 1.18 bits per heavy atom. The van der Waals surface area contributed by atoms with Crippen molar-refractivity contribution in [2.24, 2.45) is 10.7 Å². The van der Waals surface area contributed by atoms with Gasteiger partial charge >= 0.3 is 6.18 Å². The van der Waals surface area contributed by atoms with Gasteiger partial charge in [-0.1, -0.05) is 23.2 Å². The number of carbonyl (C=O) groups excluding carboxylic acids is 1. The predicted octanol–water partition coefficient (Wildman–Crippen LogP) is 5.80. The summed E-state index contributed by atoms with van der Waals surface area (Å²) in [5.41, 5.74) is 2.46. The fraction of sp³-hybridized carbons (Fsp3) is 0.174. The number of aromatic nitrogens is 3. The standard InChI is InChI=1S/C23H17Cl2F4N7O2/c24-14-2-1-7-31-19(14)36-18(23(27,28)29)13(9-30)21(37)35-12-5-6-16(15(26)8-12)38-22-17(25)20(32-10-33-22)34-11-3-4-11/h1-2,5-11H,3-4,30H2,(H,35,37)(H,32,33,34). The van der Waals surface area contributed by atoms with Crippen LogP contribution >= 0.6 is 23.2 Å². The van der Waals surface area contributed by atoms with Crippen LogP contribution in [0.1, 0.15) is 12.8 Å². The number of nitrogens with one attached hydrogen (secondary N) is 2. The summed E-state index contributed by atoms with van der Waals surface area (Å²) in [5, 5.41) is 5.10. The van der Waals surface area contributed by atoms with Crippen LogP contribution in [0.15, 0.2) is 59.6 Å². The van der Waals surface area contributed by atoms with Crippen molar-refractivity contribution in [1.29, 1.82) is 0 Å². The lowest BCUT2D eigenvalue weighted by Gasteiger charge is -2.15. The summed E-state index contributed by atoms with van der Waals surface area (Å²) in [6.45, 7) is 0. The van der Waals surface area contributed by atoms with Crippen LogP contribution in [0.4, 0.5) is 34.9 Å². The smallest absolute Gasteiger partial charge is 0.434 e. The number of rotatable bonds is 8. The van der Waals surface area contributed by atoms with Crippen LogP contribution in [-0.4, -0.2) is 38.8 Å². The molecule has 1 amide bonds. The monoisotopic (exact) mass is 569 g/mol. The second kappa shape index (κ2) is 11.2. The minimum atomic E-state index is -5.10. The third kappa shape index (κ3) is 6.47. The third-order valence-corrected chi connectivity index (χ3v) is 5.60. The summed E-state index contributed by atoms with van der Waals surface area (Å²) < 4.78 is 61.5. The number of halogens is 6. The van der Waals surface area contributed by atoms with E-state index in [-0.39, 0.29) is 33.4 Å². The van der Waals surface area contributed by atoms with E-state index >= 15 is 0 Å². The van der Waals surface area contributed by atoms with Crippen molar-refractivity contribution >= 4 is 52.1 Å². The van der Waals surface area contributed by atoms with E-state index in [1.54, 1.807) is 0 Å². The molecule has 0 aliphatic heterocycles. The highest BCUT2D eigenvalue weighted by Crippen LogP contribution is 2.36. The molecule has 0 spiro atoms. The van der Waals surface area contributed by atoms with Crippen molar-refractivity contribution in [1.82, 2.24) is 15.0 Å². The molecular weight excluding hydrogens is 553 g/mol. The molecule has 1 aliphatic carbocycles. The van der Waals surface area contributed by atoms with Crippen molar-refractivity contribution in [3.05, 3.63) is 70.5 Å². The molecule has 1 saturated carbocycles. The fourth-order valence-corrected chi connectivity index (χ4v) is 3.37. The van der Waals surface area contributed by atoms with Crippen molar-refractivity contribution in [3.8, 4) is 11.6 Å². The van der Waals surface area contributed by atoms with Crippen LogP contribution in [0.25, 0.3) is 0 Å². The fourth-order valence-electron chi connectivity index (χ4n) is 3.01. The predicted molar refractivity (Wildman–Crippen MR) is 133 cm³/mol. The Morgan fingerprint density at radius 2 is 1.95 bits per heavy atom. The summed E-state index contributed by atoms with van der Waals surface area (Å²) in [4.78, 5) is 27.7. The van der Waals surface area contributed by atoms with E-state index in [9.17, 15) is 22.4 Å². The topological polar surface area (TPSA) is 127 Å². The Bertz CT molecular complexity index is 1430. The van der Waals surface area contributed by atoms with Crippen LogP contribution in [0.2, 0.25) is 10.0 Å². The highest BCUT2D eigenvalue weighted by molar-refractivity contribution is 6.34. The Hall–Kier alpha value is -3.97. The lowest BCUT2D eigenvalue weighted by molar-refractivity contribution is -0.113. The lowest BCUT2D eigenvalue weighted by Crippen LogP contribution is -2.32. The molecule has 0 bridgehead atoms. The number of ether oxygens (including phenoxy) is 1. The molecule has 1 fully saturated rings. The molecule has 0 atom stereocenters. The van der Waals surface area contributed by atoms with Crippen molar-refractivity contribution < 1.29 is 27.1 Å². The van der Waals surface area contributed by atoms with Gasteiger partial charge in [0.1, 0.15) is 11.3 Å². The molecule has 2 heterocycles. The van der Waals surface area contributed by atoms with Gasteiger partial charge in [0.05, 0.1) is 10.6 Å². The molecule has 198 valence electrons. The summed E-state index contributed by atoms with van der Waals surface area (Å²) in [7, 11) is 0. The van der Waals surface area contributed by atoms with Gasteiger partial charge in [-0.05, 0) is 37.1 Å². The molecule has 4 rings (SSSR count). The first-order valence-corrected chi connectivity index (χ1v) is 11.6. The second-order valence-corrected chi connectivity index (χ2v) is 8.59. The molecule has 0 saturated heterocycles. The van der Waals surface area contributed by atoms with Gasteiger partial charge in [-0.3, -0.25) is 4.79 Å². The number of nitrogens with two attached hydrogens (primary N) is 1. The van der Waals surface area contributed by atoms with Crippen LogP contribution < -0.4 is 21.1 Å². The summed E-state index contributed by atoms with van der Waals surface area (Å²) in [5.74, 6) is -2.83. The number of carbonyl (C=O) groups is 1. The van der Waals surface area contributed by atoms with Crippen molar-refractivity contribution in [2.75, 3.05) is 10.6 Å². The number of alkyl halides is 3. The van der Waals surface area contributed by atoms with Gasteiger partial charge in [0.15, 0.2) is 28.9 Å². The minimum absolute atomic E-state index is 0.0425. The Labute approximate surface area is 222 Å². The molecule has 15 heteroatoms. The Balaban J connectivity index is 1.53. The zero-order valence-corrected chi connectivity index (χ0v) is 20.6. The average molecular weight is 570 g/mol. The van der Waals surface area contributed by atoms with Gasteiger partial charge in [0.25, 0.3) is 5.91 Å². The van der Waals surface area contributed by atoms with Gasteiger partial charge in [0, 0.05) is 30.2 Å². The van der Waals surface area contributed by atoms with Crippen LogP contribution in [0.3, 0.4) is 0 Å². The molecule has 4 N–H and O–H groups in total. The Morgan fingerprint density at radius 3 is 2.58 bits per heavy atom. The van der Waals surface area contributed by atoms with Crippen LogP contribution in [0, 0.1) is 5.82 Å². The molecule has 1 aromatic carbocycles. The number of hydrogen-bond donors (Lipinski definition) is 3. The summed E-state index contributed by atoms with van der Waals surface area (Å²) in [6.07, 6.45) is -0.376.